The van der Waals surface area contributed by atoms with Crippen molar-refractivity contribution in [1.29, 1.82) is 5.26 Å². The van der Waals surface area contributed by atoms with Crippen LogP contribution >= 0.6 is 11.6 Å². The lowest BCUT2D eigenvalue weighted by Crippen LogP contribution is -2.20. The van der Waals surface area contributed by atoms with E-state index in [0.29, 0.717) is 27.9 Å². The maximum Gasteiger partial charge on any atom is 0.269 e. The first-order valence-electron chi connectivity index (χ1n) is 10.0. The highest BCUT2D eigenvalue weighted by atomic mass is 35.5. The van der Waals surface area contributed by atoms with Crippen LogP contribution in [0.15, 0.2) is 83.3 Å². The number of ether oxygens (including phenoxy) is 2. The van der Waals surface area contributed by atoms with Crippen LogP contribution in [0.3, 0.4) is 0 Å². The number of hydrogen-bond acceptors (Lipinski definition) is 6. The number of benzene rings is 2. The fourth-order valence-corrected chi connectivity index (χ4v) is 3.29. The zero-order valence-electron chi connectivity index (χ0n) is 17.9. The number of amides is 1. The summed E-state index contributed by atoms with van der Waals surface area (Å²) < 4.78 is 12.3. The maximum absolute atomic E-state index is 13.2. The van der Waals surface area contributed by atoms with E-state index in [1.165, 1.54) is 10.6 Å². The Balaban J connectivity index is 1.78. The topological polar surface area (TPSA) is 106 Å². The van der Waals surface area contributed by atoms with Gasteiger partial charge in [-0.3, -0.25) is 14.0 Å². The third kappa shape index (κ3) is 4.90. The Morgan fingerprint density at radius 2 is 1.88 bits per heavy atom. The van der Waals surface area contributed by atoms with Gasteiger partial charge in [-0.1, -0.05) is 23.7 Å². The highest BCUT2D eigenvalue weighted by Crippen LogP contribution is 2.26. The molecule has 0 unspecified atom stereocenters. The Kier molecular flexibility index (Phi) is 6.57. The van der Waals surface area contributed by atoms with Crippen molar-refractivity contribution in [3.63, 3.8) is 0 Å². The summed E-state index contributed by atoms with van der Waals surface area (Å²) in [6.07, 6.45) is 2.70. The molecule has 0 fully saturated rings. The Labute approximate surface area is 199 Å². The molecule has 0 spiro atoms. The number of carbonyl (C=O) groups is 1. The standard InChI is InChI=1S/C25H17ClN4O4/c1-33-19-8-10-20(11-9-19)34-24-21(25(32)30-12-3-2-7-22(30)29-24)13-16(15-27)23(31)28-18-6-4-5-17(26)14-18/h2-14H,1H3,(H,28,31)/b16-13+. The number of aromatic nitrogens is 2. The second-order valence-corrected chi connectivity index (χ2v) is 7.41. The molecule has 0 atom stereocenters. The van der Waals surface area contributed by atoms with Crippen molar-refractivity contribution in [3.8, 4) is 23.4 Å². The lowest BCUT2D eigenvalue weighted by molar-refractivity contribution is -0.112. The predicted octanol–water partition coefficient (Wildman–Crippen LogP) is 4.69. The molecule has 4 rings (SSSR count). The lowest BCUT2D eigenvalue weighted by atomic mass is 10.1. The van der Waals surface area contributed by atoms with Crippen LogP contribution in [-0.4, -0.2) is 22.4 Å². The minimum Gasteiger partial charge on any atom is -0.497 e. The fourth-order valence-electron chi connectivity index (χ4n) is 3.10. The Morgan fingerprint density at radius 1 is 1.12 bits per heavy atom. The molecular formula is C25H17ClN4O4. The van der Waals surface area contributed by atoms with Crippen LogP contribution in [-0.2, 0) is 4.79 Å². The van der Waals surface area contributed by atoms with Gasteiger partial charge in [-0.05, 0) is 60.7 Å². The normalized spacial score (nSPS) is 11.0. The van der Waals surface area contributed by atoms with Gasteiger partial charge in [-0.2, -0.15) is 10.2 Å². The SMILES string of the molecule is COc1ccc(Oc2nc3ccccn3c(=O)c2/C=C(\C#N)C(=O)Nc2cccc(Cl)c2)cc1. The zero-order chi connectivity index (χ0) is 24.1. The number of halogens is 1. The summed E-state index contributed by atoms with van der Waals surface area (Å²) in [4.78, 5) is 30.4. The van der Waals surface area contributed by atoms with Gasteiger partial charge in [-0.15, -0.1) is 0 Å². The summed E-state index contributed by atoms with van der Waals surface area (Å²) in [5.41, 5.74) is -0.124. The number of pyridine rings is 1. The molecule has 2 heterocycles. The molecule has 1 amide bonds. The van der Waals surface area contributed by atoms with Crippen LogP contribution in [0, 0.1) is 11.3 Å². The smallest absolute Gasteiger partial charge is 0.269 e. The third-order valence-electron chi connectivity index (χ3n) is 4.74. The maximum atomic E-state index is 13.2. The number of nitriles is 1. The minimum absolute atomic E-state index is 0.0512. The van der Waals surface area contributed by atoms with Crippen molar-refractivity contribution < 1.29 is 14.3 Å². The number of fused-ring (bicyclic) bond motifs is 1. The van der Waals surface area contributed by atoms with E-state index in [-0.39, 0.29) is 17.0 Å². The van der Waals surface area contributed by atoms with E-state index in [1.807, 2.05) is 6.07 Å². The van der Waals surface area contributed by atoms with Crippen LogP contribution < -0.4 is 20.3 Å². The summed E-state index contributed by atoms with van der Waals surface area (Å²) in [6, 6.07) is 20.1. The molecule has 4 aromatic rings. The highest BCUT2D eigenvalue weighted by molar-refractivity contribution is 6.31. The Morgan fingerprint density at radius 3 is 2.59 bits per heavy atom. The molecule has 0 aliphatic heterocycles. The van der Waals surface area contributed by atoms with E-state index in [0.717, 1.165) is 6.08 Å². The molecule has 1 N–H and O–H groups in total. The van der Waals surface area contributed by atoms with E-state index >= 15 is 0 Å². The molecular weight excluding hydrogens is 456 g/mol. The van der Waals surface area contributed by atoms with Gasteiger partial charge in [0.1, 0.15) is 34.4 Å². The second kappa shape index (κ2) is 9.90. The predicted molar refractivity (Wildman–Crippen MR) is 128 cm³/mol. The van der Waals surface area contributed by atoms with E-state index in [2.05, 4.69) is 10.3 Å². The van der Waals surface area contributed by atoms with E-state index in [1.54, 1.807) is 73.8 Å². The van der Waals surface area contributed by atoms with Crippen molar-refractivity contribution >= 4 is 34.9 Å². The molecule has 0 aliphatic rings. The van der Waals surface area contributed by atoms with E-state index in [9.17, 15) is 14.9 Å². The first kappa shape index (κ1) is 22.6. The van der Waals surface area contributed by atoms with E-state index < -0.39 is 11.5 Å². The molecule has 0 aliphatic carbocycles. The molecule has 34 heavy (non-hydrogen) atoms. The Hall–Kier alpha value is -4.61. The highest BCUT2D eigenvalue weighted by Gasteiger charge is 2.17. The van der Waals surface area contributed by atoms with Crippen molar-refractivity contribution in [2.45, 2.75) is 0 Å². The van der Waals surface area contributed by atoms with E-state index in [4.69, 9.17) is 21.1 Å². The molecule has 168 valence electrons. The summed E-state index contributed by atoms with van der Waals surface area (Å²) in [5, 5.41) is 12.7. The number of anilines is 1. The Bertz CT molecular complexity index is 1500. The average molecular weight is 473 g/mol. The molecule has 2 aromatic heterocycles. The van der Waals surface area contributed by atoms with Crippen LogP contribution in [0.2, 0.25) is 5.02 Å². The quantitative estimate of drug-likeness (QED) is 0.322. The monoisotopic (exact) mass is 472 g/mol. The van der Waals surface area contributed by atoms with Gasteiger partial charge in [-0.25, -0.2) is 0 Å². The number of rotatable bonds is 6. The molecule has 2 aromatic carbocycles. The van der Waals surface area contributed by atoms with Crippen molar-refractivity contribution in [2.75, 3.05) is 12.4 Å². The minimum atomic E-state index is -0.710. The van der Waals surface area contributed by atoms with Crippen molar-refractivity contribution in [1.82, 2.24) is 9.38 Å². The first-order valence-corrected chi connectivity index (χ1v) is 10.4. The number of carbonyl (C=O) groups excluding carboxylic acids is 1. The molecule has 8 nitrogen and oxygen atoms in total. The molecule has 0 saturated carbocycles. The first-order chi connectivity index (χ1) is 16.5. The number of nitrogens with zero attached hydrogens (tertiary/aromatic N) is 3. The summed E-state index contributed by atoms with van der Waals surface area (Å²) in [6.45, 7) is 0. The molecule has 9 heteroatoms. The zero-order valence-corrected chi connectivity index (χ0v) is 18.6. The van der Waals surface area contributed by atoms with Crippen LogP contribution in [0.1, 0.15) is 5.56 Å². The van der Waals surface area contributed by atoms with Gasteiger partial charge in [0.15, 0.2) is 0 Å². The van der Waals surface area contributed by atoms with Gasteiger partial charge in [0.25, 0.3) is 11.5 Å². The number of nitrogens with one attached hydrogen (secondary N) is 1. The van der Waals surface area contributed by atoms with Gasteiger partial charge >= 0.3 is 0 Å². The van der Waals surface area contributed by atoms with Crippen molar-refractivity contribution in [3.05, 3.63) is 99.4 Å². The van der Waals surface area contributed by atoms with Gasteiger partial charge in [0.05, 0.1) is 7.11 Å². The van der Waals surface area contributed by atoms with Gasteiger partial charge < -0.3 is 14.8 Å². The van der Waals surface area contributed by atoms with Crippen LogP contribution in [0.25, 0.3) is 11.7 Å². The summed E-state index contributed by atoms with van der Waals surface area (Å²) >= 11 is 5.96. The largest absolute Gasteiger partial charge is 0.497 e. The number of hydrogen-bond donors (Lipinski definition) is 1. The van der Waals surface area contributed by atoms with Crippen molar-refractivity contribution in [2.24, 2.45) is 0 Å². The third-order valence-corrected chi connectivity index (χ3v) is 4.98. The molecule has 0 saturated heterocycles. The lowest BCUT2D eigenvalue weighted by Gasteiger charge is -2.11. The van der Waals surface area contributed by atoms with Crippen LogP contribution in [0.5, 0.6) is 17.4 Å². The fraction of sp³-hybridized carbons (Fsp3) is 0.0400. The van der Waals surface area contributed by atoms with Gasteiger partial charge in [0.2, 0.25) is 5.88 Å². The molecule has 0 bridgehead atoms. The average Bonchev–Trinajstić information content (AvgIpc) is 2.84. The summed E-state index contributed by atoms with van der Waals surface area (Å²) in [7, 11) is 1.54. The second-order valence-electron chi connectivity index (χ2n) is 6.98. The van der Waals surface area contributed by atoms with Gasteiger partial charge in [0, 0.05) is 16.9 Å². The van der Waals surface area contributed by atoms with Crippen LogP contribution in [0.4, 0.5) is 5.69 Å². The summed E-state index contributed by atoms with van der Waals surface area (Å²) in [5.74, 6) is 0.260. The molecule has 0 radical (unpaired) electrons. The number of methoxy groups -OCH3 is 1.